The molecular weight excluding hydrogens is 931 g/mol. The summed E-state index contributed by atoms with van der Waals surface area (Å²) in [6.07, 6.45) is 0. The van der Waals surface area contributed by atoms with Gasteiger partial charge in [-0.15, -0.1) is 22.7 Å². The van der Waals surface area contributed by atoms with Crippen molar-refractivity contribution in [2.45, 2.75) is 5.41 Å². The fraction of sp³-hybridized carbons (Fsp3) is 0.0141. The number of hydrogen-bond acceptors (Lipinski definition) is 3. The van der Waals surface area contributed by atoms with Gasteiger partial charge in [0.15, 0.2) is 0 Å². The van der Waals surface area contributed by atoms with Gasteiger partial charge in [-0.1, -0.05) is 224 Å². The smallest absolute Gasteiger partial charge is 0.0713 e. The first-order valence-electron chi connectivity index (χ1n) is 25.4. The molecule has 74 heavy (non-hydrogen) atoms. The van der Waals surface area contributed by atoms with E-state index in [-0.39, 0.29) is 0 Å². The van der Waals surface area contributed by atoms with Gasteiger partial charge in [0.25, 0.3) is 0 Å². The maximum Gasteiger partial charge on any atom is 0.0713 e. The highest BCUT2D eigenvalue weighted by Gasteiger charge is 2.46. The zero-order chi connectivity index (χ0) is 48.7. The van der Waals surface area contributed by atoms with E-state index in [1.807, 2.05) is 22.7 Å². The number of rotatable bonds is 8. The first-order chi connectivity index (χ1) is 36.7. The predicted octanol–water partition coefficient (Wildman–Crippen LogP) is 20.4. The molecule has 2 aromatic heterocycles. The minimum atomic E-state index is -0.441. The summed E-state index contributed by atoms with van der Waals surface area (Å²) < 4.78 is 5.31. The molecule has 15 rings (SSSR count). The van der Waals surface area contributed by atoms with Crippen LogP contribution >= 0.6 is 22.7 Å². The number of thiophene rings is 2. The lowest BCUT2D eigenvalue weighted by atomic mass is 9.67. The largest absolute Gasteiger partial charge is 0.310 e. The zero-order valence-electron chi connectivity index (χ0n) is 40.2. The van der Waals surface area contributed by atoms with E-state index in [0.29, 0.717) is 0 Å². The number of nitrogens with zero attached hydrogens (tertiary/aromatic N) is 1. The third kappa shape index (κ3) is 6.60. The molecule has 0 N–H and O–H groups in total. The van der Waals surface area contributed by atoms with E-state index in [1.54, 1.807) is 0 Å². The van der Waals surface area contributed by atoms with Crippen molar-refractivity contribution in [1.29, 1.82) is 0 Å². The Morgan fingerprint density at radius 2 is 0.784 bits per heavy atom. The summed E-state index contributed by atoms with van der Waals surface area (Å²) in [6, 6.07) is 101. The van der Waals surface area contributed by atoms with Gasteiger partial charge in [0.05, 0.1) is 5.41 Å². The molecule has 2 heterocycles. The maximum atomic E-state index is 2.43. The fourth-order valence-electron chi connectivity index (χ4n) is 12.2. The molecule has 14 aromatic rings. The van der Waals surface area contributed by atoms with Crippen LogP contribution in [0.4, 0.5) is 17.1 Å². The van der Waals surface area contributed by atoms with E-state index in [0.717, 1.165) is 17.1 Å². The molecule has 0 saturated heterocycles. The molecule has 1 nitrogen and oxygen atoms in total. The van der Waals surface area contributed by atoms with E-state index in [2.05, 4.69) is 278 Å². The Morgan fingerprint density at radius 3 is 1.50 bits per heavy atom. The van der Waals surface area contributed by atoms with E-state index in [9.17, 15) is 0 Å². The second-order valence-corrected chi connectivity index (χ2v) is 21.6. The maximum absolute atomic E-state index is 2.43. The summed E-state index contributed by atoms with van der Waals surface area (Å²) in [4.78, 5) is 2.42. The van der Waals surface area contributed by atoms with Crippen LogP contribution < -0.4 is 4.90 Å². The van der Waals surface area contributed by atoms with Crippen LogP contribution in [0.5, 0.6) is 0 Å². The molecule has 0 atom stereocenters. The highest BCUT2D eigenvalue weighted by molar-refractivity contribution is 7.27. The Kier molecular flexibility index (Phi) is 9.91. The van der Waals surface area contributed by atoms with Gasteiger partial charge in [0.2, 0.25) is 0 Å². The molecule has 0 bridgehead atoms. The number of anilines is 3. The SMILES string of the molecule is c1ccc(C2(c3ccccc3)c3ccccc3-c3cc(-c4cccc(N(c5ccc(-c6cccc7c6sc6ccccc67)cc5)c5ccc(-c6cccc7c6sc6c8ccccc8ccc76)cc5)c4)ccc32)cc1. The Morgan fingerprint density at radius 1 is 0.270 bits per heavy atom. The van der Waals surface area contributed by atoms with Gasteiger partial charge in [-0.25, -0.2) is 0 Å². The van der Waals surface area contributed by atoms with Crippen LogP contribution in [0.25, 0.3) is 95.6 Å². The van der Waals surface area contributed by atoms with E-state index in [1.165, 1.54) is 118 Å². The lowest BCUT2D eigenvalue weighted by Crippen LogP contribution is -2.28. The van der Waals surface area contributed by atoms with Gasteiger partial charge in [0.1, 0.15) is 0 Å². The van der Waals surface area contributed by atoms with Crippen LogP contribution in [0.15, 0.2) is 273 Å². The van der Waals surface area contributed by atoms with Gasteiger partial charge < -0.3 is 4.90 Å². The van der Waals surface area contributed by atoms with Crippen molar-refractivity contribution in [3.05, 3.63) is 295 Å². The molecule has 0 fully saturated rings. The van der Waals surface area contributed by atoms with Gasteiger partial charge in [0, 0.05) is 57.4 Å². The summed E-state index contributed by atoms with van der Waals surface area (Å²) >= 11 is 3.79. The van der Waals surface area contributed by atoms with Crippen LogP contribution in [0.1, 0.15) is 22.3 Å². The standard InChI is InChI=1S/C71H45NS2/c1-3-18-51(19-4-1)71(52-20-5-2-6-21-52)65-30-11-9-24-59(65)64-45-50(37-43-66(64)71)49-17-13-22-55(44-49)72(53-38-32-47(33-39-53)57-26-14-28-61-60-25-10-12-31-67(60)73-68(57)61)54-40-34-48(35-41-54)58-27-15-29-62-63-42-36-46-16-7-8-23-56(46)70(63)74-69(58)62/h1-45H. The Bertz CT molecular complexity index is 4430. The van der Waals surface area contributed by atoms with Crippen molar-refractivity contribution in [3.63, 3.8) is 0 Å². The van der Waals surface area contributed by atoms with Gasteiger partial charge in [-0.05, 0) is 126 Å². The molecule has 0 unspecified atom stereocenters. The number of fused-ring (bicyclic) bond motifs is 11. The van der Waals surface area contributed by atoms with E-state index in [4.69, 9.17) is 0 Å². The van der Waals surface area contributed by atoms with Crippen molar-refractivity contribution in [1.82, 2.24) is 0 Å². The molecule has 1 aliphatic carbocycles. The monoisotopic (exact) mass is 975 g/mol. The van der Waals surface area contributed by atoms with Crippen molar-refractivity contribution in [2.75, 3.05) is 4.90 Å². The highest BCUT2D eigenvalue weighted by Crippen LogP contribution is 2.57. The van der Waals surface area contributed by atoms with Gasteiger partial charge in [-0.3, -0.25) is 0 Å². The quantitative estimate of drug-likeness (QED) is 0.147. The molecule has 0 aliphatic heterocycles. The lowest BCUT2D eigenvalue weighted by Gasteiger charge is -2.33. The van der Waals surface area contributed by atoms with E-state index >= 15 is 0 Å². The minimum Gasteiger partial charge on any atom is -0.310 e. The normalized spacial score (nSPS) is 12.7. The van der Waals surface area contributed by atoms with E-state index < -0.39 is 5.41 Å². The summed E-state index contributed by atoms with van der Waals surface area (Å²) in [5.74, 6) is 0. The molecule has 0 amide bonds. The second-order valence-electron chi connectivity index (χ2n) is 19.5. The van der Waals surface area contributed by atoms with Crippen LogP contribution in [0.3, 0.4) is 0 Å². The Balaban J connectivity index is 0.859. The second kappa shape index (κ2) is 17.1. The summed E-state index contributed by atoms with van der Waals surface area (Å²) in [6.45, 7) is 0. The summed E-state index contributed by atoms with van der Waals surface area (Å²) in [5, 5.41) is 7.85. The lowest BCUT2D eigenvalue weighted by molar-refractivity contribution is 0.768. The van der Waals surface area contributed by atoms with Crippen LogP contribution in [-0.2, 0) is 5.41 Å². The Labute approximate surface area is 438 Å². The molecule has 0 radical (unpaired) electrons. The first-order valence-corrected chi connectivity index (χ1v) is 27.0. The fourth-order valence-corrected chi connectivity index (χ4v) is 14.8. The molecule has 3 heteroatoms. The van der Waals surface area contributed by atoms with Crippen LogP contribution in [0.2, 0.25) is 0 Å². The van der Waals surface area contributed by atoms with Gasteiger partial charge in [-0.2, -0.15) is 0 Å². The molecule has 12 aromatic carbocycles. The van der Waals surface area contributed by atoms with Crippen molar-refractivity contribution >= 4 is 90.9 Å². The number of hydrogen-bond donors (Lipinski definition) is 0. The average molecular weight is 976 g/mol. The van der Waals surface area contributed by atoms with Crippen LogP contribution in [-0.4, -0.2) is 0 Å². The summed E-state index contributed by atoms with van der Waals surface area (Å²) in [7, 11) is 0. The van der Waals surface area contributed by atoms with Crippen molar-refractivity contribution in [2.24, 2.45) is 0 Å². The average Bonchev–Trinajstić information content (AvgIpc) is 4.18. The molecule has 346 valence electrons. The van der Waals surface area contributed by atoms with Crippen LogP contribution in [0, 0.1) is 0 Å². The topological polar surface area (TPSA) is 3.24 Å². The Hall–Kier alpha value is -8.86. The first kappa shape index (κ1) is 42.8. The molecule has 0 saturated carbocycles. The predicted molar refractivity (Wildman–Crippen MR) is 318 cm³/mol. The molecule has 1 aliphatic rings. The molecular formula is C71H45NS2. The minimum absolute atomic E-state index is 0.441. The molecule has 0 spiro atoms. The zero-order valence-corrected chi connectivity index (χ0v) is 41.9. The van der Waals surface area contributed by atoms with Gasteiger partial charge >= 0.3 is 0 Å². The van der Waals surface area contributed by atoms with Crippen molar-refractivity contribution < 1.29 is 0 Å². The highest BCUT2D eigenvalue weighted by atomic mass is 32.1. The third-order valence-electron chi connectivity index (χ3n) is 15.6. The number of benzene rings is 12. The summed E-state index contributed by atoms with van der Waals surface area (Å²) in [5.41, 5.74) is 17.9. The van der Waals surface area contributed by atoms with Crippen molar-refractivity contribution in [3.8, 4) is 44.5 Å². The third-order valence-corrected chi connectivity index (χ3v) is 18.1.